The highest BCUT2D eigenvalue weighted by Gasteiger charge is 2.33. The fourth-order valence-corrected chi connectivity index (χ4v) is 4.96. The number of fused-ring (bicyclic) bond motifs is 3. The number of anilines is 2. The predicted molar refractivity (Wildman–Crippen MR) is 154 cm³/mol. The third kappa shape index (κ3) is 5.21. The lowest BCUT2D eigenvalue weighted by Crippen LogP contribution is -2.43. The van der Waals surface area contributed by atoms with Crippen molar-refractivity contribution in [1.29, 1.82) is 0 Å². The second kappa shape index (κ2) is 10.3. The van der Waals surface area contributed by atoms with Crippen LogP contribution in [-0.2, 0) is 22.6 Å². The molecule has 2 aromatic heterocycles. The molecular formula is C31H30N4O6. The van der Waals surface area contributed by atoms with Crippen molar-refractivity contribution >= 4 is 40.4 Å². The first kappa shape index (κ1) is 26.4. The van der Waals surface area contributed by atoms with Crippen LogP contribution in [0.15, 0.2) is 59.2 Å². The lowest BCUT2D eigenvalue weighted by atomic mass is 10.0. The number of hydrogen-bond donors (Lipinski definition) is 3. The molecule has 2 aliphatic heterocycles. The van der Waals surface area contributed by atoms with E-state index in [4.69, 9.17) is 13.9 Å². The molecule has 2 aliphatic rings. The van der Waals surface area contributed by atoms with E-state index < -0.39 is 11.5 Å². The maximum atomic E-state index is 13.0. The first-order valence-electron chi connectivity index (χ1n) is 13.3. The van der Waals surface area contributed by atoms with Crippen molar-refractivity contribution in [3.05, 3.63) is 82.8 Å². The van der Waals surface area contributed by atoms with E-state index in [-0.39, 0.29) is 19.2 Å². The first-order chi connectivity index (χ1) is 19.7. The molecule has 2 aromatic carbocycles. The number of hydrogen-bond acceptors (Lipinski definition) is 8. The van der Waals surface area contributed by atoms with Gasteiger partial charge in [0.25, 0.3) is 5.91 Å². The number of aryl methyl sites for hydroxylation is 1. The molecule has 0 aliphatic carbocycles. The van der Waals surface area contributed by atoms with Gasteiger partial charge in [0.05, 0.1) is 12.2 Å². The molecule has 10 heteroatoms. The molecule has 0 radical (unpaired) electrons. The summed E-state index contributed by atoms with van der Waals surface area (Å²) in [6.07, 6.45) is 5.38. The van der Waals surface area contributed by atoms with Gasteiger partial charge in [0.1, 0.15) is 11.3 Å². The van der Waals surface area contributed by atoms with Gasteiger partial charge in [-0.1, -0.05) is 24.3 Å². The molecule has 2 amide bonds. The van der Waals surface area contributed by atoms with E-state index in [0.717, 1.165) is 44.9 Å². The number of ether oxygens (including phenoxy) is 2. The number of benzene rings is 2. The summed E-state index contributed by atoms with van der Waals surface area (Å²) in [4.78, 5) is 31.1. The highest BCUT2D eigenvalue weighted by Crippen LogP contribution is 2.35. The van der Waals surface area contributed by atoms with Crippen LogP contribution in [-0.4, -0.2) is 52.8 Å². The topological polar surface area (TPSA) is 126 Å². The number of aromatic nitrogens is 1. The zero-order chi connectivity index (χ0) is 28.7. The van der Waals surface area contributed by atoms with E-state index in [9.17, 15) is 14.7 Å². The number of nitrogens with zero attached hydrogens (tertiary/aromatic N) is 2. The maximum Gasteiger partial charge on any atom is 0.259 e. The third-order valence-electron chi connectivity index (χ3n) is 7.38. The van der Waals surface area contributed by atoms with E-state index in [1.54, 1.807) is 30.3 Å². The van der Waals surface area contributed by atoms with E-state index in [2.05, 4.69) is 15.6 Å². The van der Waals surface area contributed by atoms with Gasteiger partial charge in [-0.05, 0) is 54.8 Å². The molecule has 210 valence electrons. The van der Waals surface area contributed by atoms with Crippen LogP contribution in [0.3, 0.4) is 0 Å². The summed E-state index contributed by atoms with van der Waals surface area (Å²) >= 11 is 0. The Morgan fingerprint density at radius 3 is 2.88 bits per heavy atom. The number of likely N-dealkylation sites (N-methyl/N-ethyl adjacent to an activating group) is 1. The fourth-order valence-electron chi connectivity index (χ4n) is 4.96. The molecule has 0 spiro atoms. The number of nitrogens with one attached hydrogen (secondary N) is 2. The molecule has 0 unspecified atom stereocenters. The number of pyridine rings is 1. The molecule has 3 N–H and O–H groups in total. The fraction of sp³-hybridized carbons (Fsp3) is 0.258. The maximum absolute atomic E-state index is 13.0. The second-order valence-electron chi connectivity index (χ2n) is 10.6. The molecule has 0 bridgehead atoms. The number of rotatable bonds is 6. The van der Waals surface area contributed by atoms with Crippen molar-refractivity contribution in [2.75, 3.05) is 31.0 Å². The van der Waals surface area contributed by atoms with Crippen molar-refractivity contribution in [2.24, 2.45) is 0 Å². The summed E-state index contributed by atoms with van der Waals surface area (Å²) in [6.45, 7) is 4.00. The number of carbonyl (C=O) groups is 2. The van der Waals surface area contributed by atoms with Crippen LogP contribution in [0, 0.1) is 6.92 Å². The van der Waals surface area contributed by atoms with E-state index in [0.29, 0.717) is 30.0 Å². The molecule has 41 heavy (non-hydrogen) atoms. The van der Waals surface area contributed by atoms with Crippen molar-refractivity contribution < 1.29 is 28.6 Å². The van der Waals surface area contributed by atoms with Crippen LogP contribution in [0.2, 0.25) is 0 Å². The van der Waals surface area contributed by atoms with Crippen molar-refractivity contribution in [3.8, 4) is 11.5 Å². The Kier molecular flexibility index (Phi) is 6.63. The van der Waals surface area contributed by atoms with E-state index in [1.807, 2.05) is 43.3 Å². The Balaban J connectivity index is 1.16. The largest absolute Gasteiger partial charge is 0.461 e. The number of amides is 2. The second-order valence-corrected chi connectivity index (χ2v) is 10.6. The normalized spacial score (nSPS) is 17.7. The molecule has 0 fully saturated rings. The monoisotopic (exact) mass is 554 g/mol. The molecular weight excluding hydrogens is 524 g/mol. The van der Waals surface area contributed by atoms with Crippen molar-refractivity contribution in [1.82, 2.24) is 9.88 Å². The lowest BCUT2D eigenvalue weighted by Gasteiger charge is -2.18. The Labute approximate surface area is 236 Å². The number of furan rings is 1. The van der Waals surface area contributed by atoms with Crippen LogP contribution in [0.5, 0.6) is 11.5 Å². The third-order valence-corrected chi connectivity index (χ3v) is 7.38. The highest BCUT2D eigenvalue weighted by molar-refractivity contribution is 6.00. The van der Waals surface area contributed by atoms with Crippen molar-refractivity contribution in [3.63, 3.8) is 0 Å². The first-order valence-corrected chi connectivity index (χ1v) is 13.3. The van der Waals surface area contributed by atoms with Gasteiger partial charge >= 0.3 is 0 Å². The highest BCUT2D eigenvalue weighted by atomic mass is 16.7. The molecule has 0 saturated heterocycles. The summed E-state index contributed by atoms with van der Waals surface area (Å²) in [6, 6.07) is 13.8. The summed E-state index contributed by atoms with van der Waals surface area (Å²) < 4.78 is 17.2. The van der Waals surface area contributed by atoms with Crippen molar-refractivity contribution in [2.45, 2.75) is 32.4 Å². The summed E-state index contributed by atoms with van der Waals surface area (Å²) in [7, 11) is 1.75. The predicted octanol–water partition coefficient (Wildman–Crippen LogP) is 4.24. The minimum absolute atomic E-state index is 0.0404. The number of β-amino-alcohol motifs (C(OH)–C–C–N with tert-alkyl or cyclic N) is 1. The van der Waals surface area contributed by atoms with Gasteiger partial charge in [-0.3, -0.25) is 9.59 Å². The quantitative estimate of drug-likeness (QED) is 0.302. The standard InChI is InChI=1S/C31H30N4O6/c1-18-23(22-6-4-5-21(28(22)41-18)11-19-7-9-25-26(13-19)40-17-39-25)15-35(3)27(36)10-8-20-12-24-29(32-14-20)34-30(37)31(2,38)16-33-24/h4-10,12-14,33,38H,11,15-17H2,1-3H3,(H,32,34,37)/b10-8+/t31-/m1/s1. The molecule has 10 nitrogen and oxygen atoms in total. The Hall–Kier alpha value is -4.83. The van der Waals surface area contributed by atoms with Gasteiger partial charge in [-0.25, -0.2) is 4.98 Å². The molecule has 4 aromatic rings. The average molecular weight is 555 g/mol. The van der Waals surface area contributed by atoms with Gasteiger partial charge in [0.15, 0.2) is 22.9 Å². The minimum atomic E-state index is -1.56. The van der Waals surface area contributed by atoms with E-state index >= 15 is 0 Å². The van der Waals surface area contributed by atoms with Crippen LogP contribution < -0.4 is 20.1 Å². The zero-order valence-electron chi connectivity index (χ0n) is 23.0. The molecule has 1 atom stereocenters. The van der Waals surface area contributed by atoms with Crippen LogP contribution in [0.25, 0.3) is 17.0 Å². The lowest BCUT2D eigenvalue weighted by molar-refractivity contribution is -0.131. The smallest absolute Gasteiger partial charge is 0.259 e. The zero-order valence-corrected chi connectivity index (χ0v) is 23.0. The molecule has 0 saturated carbocycles. The number of carbonyl (C=O) groups excluding carboxylic acids is 2. The summed E-state index contributed by atoms with van der Waals surface area (Å²) in [5.74, 6) is 1.88. The molecule has 4 heterocycles. The van der Waals surface area contributed by atoms with E-state index in [1.165, 1.54) is 13.0 Å². The Morgan fingerprint density at radius 2 is 2.02 bits per heavy atom. The van der Waals surface area contributed by atoms with Gasteiger partial charge in [-0.15, -0.1) is 0 Å². The van der Waals surface area contributed by atoms with Crippen LogP contribution in [0.1, 0.15) is 34.9 Å². The average Bonchev–Trinajstić information content (AvgIpc) is 3.52. The number of aliphatic hydroxyl groups is 1. The van der Waals surface area contributed by atoms with Gasteiger partial charge in [0.2, 0.25) is 12.7 Å². The van der Waals surface area contributed by atoms with Crippen LogP contribution in [0.4, 0.5) is 11.5 Å². The Morgan fingerprint density at radius 1 is 1.20 bits per heavy atom. The Bertz CT molecular complexity index is 1710. The van der Waals surface area contributed by atoms with Crippen LogP contribution >= 0.6 is 0 Å². The minimum Gasteiger partial charge on any atom is -0.461 e. The number of para-hydroxylation sites is 1. The van der Waals surface area contributed by atoms with Gasteiger partial charge < -0.3 is 34.5 Å². The summed E-state index contributed by atoms with van der Waals surface area (Å²) in [5.41, 5.74) is 3.58. The molecule has 6 rings (SSSR count). The SMILES string of the molecule is Cc1oc2c(Cc3ccc4c(c3)OCO4)cccc2c1CN(C)C(=O)/C=C/c1cnc2c(c1)NC[C@@](C)(O)C(=O)N2. The van der Waals surface area contributed by atoms with Gasteiger partial charge in [-0.2, -0.15) is 0 Å². The van der Waals surface area contributed by atoms with Gasteiger partial charge in [0, 0.05) is 43.2 Å². The summed E-state index contributed by atoms with van der Waals surface area (Å²) in [5, 5.41) is 16.8.